The largest absolute Gasteiger partial charge is 0.288 e. The highest BCUT2D eigenvalue weighted by molar-refractivity contribution is 7.18. The highest BCUT2D eigenvalue weighted by Gasteiger charge is 2.16. The number of ketones is 1. The van der Waals surface area contributed by atoms with E-state index in [-0.39, 0.29) is 10.4 Å². The summed E-state index contributed by atoms with van der Waals surface area (Å²) in [6.07, 6.45) is 0. The van der Waals surface area contributed by atoms with Gasteiger partial charge in [-0.1, -0.05) is 11.6 Å². The van der Waals surface area contributed by atoms with Crippen LogP contribution in [0.4, 0.5) is 8.78 Å². The molecule has 1 aromatic carbocycles. The summed E-state index contributed by atoms with van der Waals surface area (Å²) < 4.78 is 26.6. The Morgan fingerprint density at radius 2 is 1.94 bits per heavy atom. The van der Waals surface area contributed by atoms with Gasteiger partial charge in [-0.15, -0.1) is 11.3 Å². The van der Waals surface area contributed by atoms with Crippen LogP contribution in [0.25, 0.3) is 0 Å². The number of hydrogen-bond acceptors (Lipinski definition) is 2. The van der Waals surface area contributed by atoms with E-state index in [2.05, 4.69) is 0 Å². The van der Waals surface area contributed by atoms with Crippen molar-refractivity contribution in [2.45, 2.75) is 0 Å². The highest BCUT2D eigenvalue weighted by Crippen LogP contribution is 2.25. The van der Waals surface area contributed by atoms with E-state index >= 15 is 0 Å². The second-order valence-electron chi connectivity index (χ2n) is 3.06. The van der Waals surface area contributed by atoms with Gasteiger partial charge in [0.15, 0.2) is 0 Å². The van der Waals surface area contributed by atoms with Gasteiger partial charge in [-0.05, 0) is 30.3 Å². The lowest BCUT2D eigenvalue weighted by atomic mass is 10.1. The zero-order chi connectivity index (χ0) is 11.7. The van der Waals surface area contributed by atoms with Crippen molar-refractivity contribution in [3.63, 3.8) is 0 Å². The molecule has 5 heteroatoms. The van der Waals surface area contributed by atoms with Gasteiger partial charge in [0, 0.05) is 0 Å². The number of hydrogen-bond donors (Lipinski definition) is 0. The van der Waals surface area contributed by atoms with E-state index < -0.39 is 17.4 Å². The number of benzene rings is 1. The summed E-state index contributed by atoms with van der Waals surface area (Å²) in [6.45, 7) is 0. The van der Waals surface area contributed by atoms with Gasteiger partial charge >= 0.3 is 0 Å². The molecule has 82 valence electrons. The molecular weight excluding hydrogens is 254 g/mol. The molecule has 0 aliphatic rings. The topological polar surface area (TPSA) is 17.1 Å². The highest BCUT2D eigenvalue weighted by atomic mass is 35.5. The SMILES string of the molecule is O=C(c1ccc(Cl)s1)c1cc(F)ccc1F. The van der Waals surface area contributed by atoms with Gasteiger partial charge < -0.3 is 0 Å². The Balaban J connectivity index is 2.45. The molecule has 1 nitrogen and oxygen atoms in total. The molecule has 0 spiro atoms. The fourth-order valence-corrected chi connectivity index (χ4v) is 2.24. The summed E-state index contributed by atoms with van der Waals surface area (Å²) >= 11 is 6.69. The Kier molecular flexibility index (Phi) is 3.03. The van der Waals surface area contributed by atoms with Crippen LogP contribution in [-0.4, -0.2) is 5.78 Å². The molecule has 1 heterocycles. The zero-order valence-electron chi connectivity index (χ0n) is 7.84. The first-order valence-electron chi connectivity index (χ1n) is 4.33. The predicted octanol–water partition coefficient (Wildman–Crippen LogP) is 3.91. The maximum absolute atomic E-state index is 13.3. The first-order valence-corrected chi connectivity index (χ1v) is 5.52. The van der Waals surface area contributed by atoms with Gasteiger partial charge in [0.2, 0.25) is 5.78 Å². The summed E-state index contributed by atoms with van der Waals surface area (Å²) in [5.74, 6) is -1.95. The van der Waals surface area contributed by atoms with Crippen LogP contribution in [0.2, 0.25) is 4.34 Å². The van der Waals surface area contributed by atoms with E-state index in [0.29, 0.717) is 4.34 Å². The molecule has 2 rings (SSSR count). The van der Waals surface area contributed by atoms with E-state index in [0.717, 1.165) is 29.5 Å². The van der Waals surface area contributed by atoms with Crippen molar-refractivity contribution in [3.8, 4) is 0 Å². The van der Waals surface area contributed by atoms with Gasteiger partial charge in [0.05, 0.1) is 14.8 Å². The van der Waals surface area contributed by atoms with E-state index in [1.165, 1.54) is 12.1 Å². The third kappa shape index (κ3) is 2.13. The second kappa shape index (κ2) is 4.31. The maximum Gasteiger partial charge on any atom is 0.206 e. The minimum atomic E-state index is -0.740. The molecule has 16 heavy (non-hydrogen) atoms. The minimum absolute atomic E-state index is 0.279. The first kappa shape index (κ1) is 11.2. The number of rotatable bonds is 2. The standard InChI is InChI=1S/C11H5ClF2OS/c12-10-4-3-9(16-10)11(15)7-5-6(13)1-2-8(7)14/h1-5H. The molecule has 0 N–H and O–H groups in total. The Hall–Kier alpha value is -1.26. The van der Waals surface area contributed by atoms with Gasteiger partial charge in [-0.25, -0.2) is 8.78 Å². The number of halogens is 3. The number of thiophene rings is 1. The summed E-state index contributed by atoms with van der Waals surface area (Å²) in [4.78, 5) is 12.1. The number of carbonyl (C=O) groups is 1. The van der Waals surface area contributed by atoms with Crippen LogP contribution in [0, 0.1) is 11.6 Å². The third-order valence-electron chi connectivity index (χ3n) is 1.97. The fourth-order valence-electron chi connectivity index (χ4n) is 1.24. The van der Waals surface area contributed by atoms with Gasteiger partial charge in [-0.3, -0.25) is 4.79 Å². The monoisotopic (exact) mass is 258 g/mol. The minimum Gasteiger partial charge on any atom is -0.288 e. The van der Waals surface area contributed by atoms with E-state index in [1.54, 1.807) is 0 Å². The second-order valence-corrected chi connectivity index (χ2v) is 4.77. The Morgan fingerprint density at radius 1 is 1.19 bits per heavy atom. The fraction of sp³-hybridized carbons (Fsp3) is 0. The third-order valence-corrected chi connectivity index (χ3v) is 3.20. The van der Waals surface area contributed by atoms with Crippen molar-refractivity contribution >= 4 is 28.7 Å². The molecule has 2 aromatic rings. The van der Waals surface area contributed by atoms with Crippen molar-refractivity contribution in [2.75, 3.05) is 0 Å². The molecule has 0 aliphatic heterocycles. The molecule has 0 bridgehead atoms. The Bertz CT molecular complexity index is 551. The molecule has 1 aromatic heterocycles. The van der Waals surface area contributed by atoms with Crippen LogP contribution >= 0.6 is 22.9 Å². The molecule has 0 saturated heterocycles. The molecule has 0 amide bonds. The van der Waals surface area contributed by atoms with Crippen LogP contribution in [0.3, 0.4) is 0 Å². The van der Waals surface area contributed by atoms with E-state index in [9.17, 15) is 13.6 Å². The van der Waals surface area contributed by atoms with Crippen LogP contribution in [0.5, 0.6) is 0 Å². The van der Waals surface area contributed by atoms with Crippen LogP contribution < -0.4 is 0 Å². The summed E-state index contributed by atoms with van der Waals surface area (Å²) in [5, 5.41) is 0. The molecule has 0 aliphatic carbocycles. The van der Waals surface area contributed by atoms with E-state index in [1.807, 2.05) is 0 Å². The van der Waals surface area contributed by atoms with Crippen molar-refractivity contribution in [1.82, 2.24) is 0 Å². The van der Waals surface area contributed by atoms with Crippen molar-refractivity contribution < 1.29 is 13.6 Å². The van der Waals surface area contributed by atoms with Crippen molar-refractivity contribution in [3.05, 3.63) is 56.7 Å². The summed E-state index contributed by atoms with van der Waals surface area (Å²) in [6, 6.07) is 5.80. The zero-order valence-corrected chi connectivity index (χ0v) is 9.41. The van der Waals surface area contributed by atoms with Crippen molar-refractivity contribution in [1.29, 1.82) is 0 Å². The molecular formula is C11H5ClF2OS. The molecule has 0 radical (unpaired) electrons. The number of carbonyl (C=O) groups excluding carboxylic acids is 1. The van der Waals surface area contributed by atoms with E-state index in [4.69, 9.17) is 11.6 Å². The average molecular weight is 259 g/mol. The van der Waals surface area contributed by atoms with Crippen LogP contribution in [0.1, 0.15) is 15.2 Å². The van der Waals surface area contributed by atoms with Crippen LogP contribution in [0.15, 0.2) is 30.3 Å². The van der Waals surface area contributed by atoms with Crippen molar-refractivity contribution in [2.24, 2.45) is 0 Å². The van der Waals surface area contributed by atoms with Gasteiger partial charge in [-0.2, -0.15) is 0 Å². The average Bonchev–Trinajstić information content (AvgIpc) is 2.67. The van der Waals surface area contributed by atoms with Gasteiger partial charge in [0.25, 0.3) is 0 Å². The smallest absolute Gasteiger partial charge is 0.206 e. The normalized spacial score (nSPS) is 10.4. The summed E-state index contributed by atoms with van der Waals surface area (Å²) in [7, 11) is 0. The van der Waals surface area contributed by atoms with Gasteiger partial charge in [0.1, 0.15) is 11.6 Å². The molecule has 0 saturated carbocycles. The molecule has 0 unspecified atom stereocenters. The Labute approximate surface area is 99.3 Å². The Morgan fingerprint density at radius 3 is 2.56 bits per heavy atom. The quantitative estimate of drug-likeness (QED) is 0.747. The lowest BCUT2D eigenvalue weighted by Gasteiger charge is -2.00. The first-order chi connectivity index (χ1) is 7.58. The lowest BCUT2D eigenvalue weighted by molar-refractivity contribution is 0.103. The molecule has 0 fully saturated rings. The predicted molar refractivity (Wildman–Crippen MR) is 59.1 cm³/mol. The lowest BCUT2D eigenvalue weighted by Crippen LogP contribution is -2.02. The van der Waals surface area contributed by atoms with Crippen LogP contribution in [-0.2, 0) is 0 Å². The maximum atomic E-state index is 13.3. The summed E-state index contributed by atoms with van der Waals surface area (Å²) in [5.41, 5.74) is -0.279. The molecule has 0 atom stereocenters.